The van der Waals surface area contributed by atoms with Gasteiger partial charge in [0.25, 0.3) is 5.91 Å². The zero-order chi connectivity index (χ0) is 11.3. The molecule has 1 atom stereocenters. The van der Waals surface area contributed by atoms with Crippen LogP contribution in [0, 0.1) is 0 Å². The largest absolute Gasteiger partial charge is 0.481 e. The van der Waals surface area contributed by atoms with Crippen LogP contribution in [0.4, 0.5) is 0 Å². The summed E-state index contributed by atoms with van der Waals surface area (Å²) >= 11 is 1.34. The first kappa shape index (κ1) is 11.7. The van der Waals surface area contributed by atoms with E-state index in [2.05, 4.69) is 5.32 Å². The molecule has 0 saturated heterocycles. The number of carboxylic acids is 1. The summed E-state index contributed by atoms with van der Waals surface area (Å²) in [5.41, 5.74) is 0. The Morgan fingerprint density at radius 2 is 2.33 bits per heavy atom. The Morgan fingerprint density at radius 1 is 1.60 bits per heavy atom. The van der Waals surface area contributed by atoms with E-state index in [1.165, 1.54) is 11.3 Å². The molecule has 5 heteroatoms. The number of hydrogen-bond donors (Lipinski definition) is 2. The number of rotatable bonds is 5. The highest BCUT2D eigenvalue weighted by molar-refractivity contribution is 7.12. The molecule has 0 aliphatic carbocycles. The molecular formula is C10H13NO3S. The molecule has 1 aromatic heterocycles. The lowest BCUT2D eigenvalue weighted by Crippen LogP contribution is -2.35. The highest BCUT2D eigenvalue weighted by atomic mass is 32.1. The van der Waals surface area contributed by atoms with Gasteiger partial charge in [0.05, 0.1) is 11.3 Å². The molecule has 1 rings (SSSR count). The first-order valence-electron chi connectivity index (χ1n) is 4.69. The summed E-state index contributed by atoms with van der Waals surface area (Å²) in [6.45, 7) is 1.85. The molecule has 0 bridgehead atoms. The number of carbonyl (C=O) groups excluding carboxylic acids is 1. The van der Waals surface area contributed by atoms with E-state index in [1.807, 2.05) is 12.3 Å². The van der Waals surface area contributed by atoms with Crippen molar-refractivity contribution < 1.29 is 14.7 Å². The van der Waals surface area contributed by atoms with Gasteiger partial charge in [-0.3, -0.25) is 9.59 Å². The molecule has 0 saturated carbocycles. The standard InChI is InChI=1S/C10H13NO3S/c1-2-7(6-9(12)13)11-10(14)8-4-3-5-15-8/h3-5,7H,2,6H2,1H3,(H,11,14)(H,12,13). The van der Waals surface area contributed by atoms with E-state index in [0.717, 1.165) is 0 Å². The van der Waals surface area contributed by atoms with Gasteiger partial charge in [-0.1, -0.05) is 13.0 Å². The predicted molar refractivity (Wildman–Crippen MR) is 58.1 cm³/mol. The molecule has 0 radical (unpaired) electrons. The molecule has 1 unspecified atom stereocenters. The van der Waals surface area contributed by atoms with Crippen molar-refractivity contribution in [1.29, 1.82) is 0 Å². The fourth-order valence-corrected chi connectivity index (χ4v) is 1.80. The van der Waals surface area contributed by atoms with Gasteiger partial charge in [0.2, 0.25) is 0 Å². The molecule has 0 aliphatic heterocycles. The van der Waals surface area contributed by atoms with Gasteiger partial charge in [-0.25, -0.2) is 0 Å². The summed E-state index contributed by atoms with van der Waals surface area (Å²) in [6, 6.07) is 3.21. The molecule has 0 fully saturated rings. The third-order valence-corrected chi connectivity index (χ3v) is 2.86. The van der Waals surface area contributed by atoms with Gasteiger partial charge in [0.1, 0.15) is 0 Å². The second-order valence-corrected chi connectivity index (χ2v) is 4.10. The second-order valence-electron chi connectivity index (χ2n) is 3.15. The fourth-order valence-electron chi connectivity index (χ4n) is 1.17. The molecule has 2 N–H and O–H groups in total. The van der Waals surface area contributed by atoms with Gasteiger partial charge in [-0.2, -0.15) is 0 Å². The van der Waals surface area contributed by atoms with Crippen LogP contribution in [-0.4, -0.2) is 23.0 Å². The Hall–Kier alpha value is -1.36. The van der Waals surface area contributed by atoms with Crippen LogP contribution in [0.1, 0.15) is 29.4 Å². The van der Waals surface area contributed by atoms with Crippen molar-refractivity contribution in [2.75, 3.05) is 0 Å². The predicted octanol–water partition coefficient (Wildman–Crippen LogP) is 1.73. The Labute approximate surface area is 91.9 Å². The van der Waals surface area contributed by atoms with Crippen LogP contribution in [0.2, 0.25) is 0 Å². The van der Waals surface area contributed by atoms with E-state index in [1.54, 1.807) is 12.1 Å². The van der Waals surface area contributed by atoms with Gasteiger partial charge < -0.3 is 10.4 Å². The van der Waals surface area contributed by atoms with Gasteiger partial charge in [-0.05, 0) is 17.9 Å². The maximum absolute atomic E-state index is 11.6. The number of hydrogen-bond acceptors (Lipinski definition) is 3. The van der Waals surface area contributed by atoms with Crippen LogP contribution in [0.3, 0.4) is 0 Å². The Balaban J connectivity index is 2.52. The SMILES string of the molecule is CCC(CC(=O)O)NC(=O)c1cccs1. The smallest absolute Gasteiger partial charge is 0.305 e. The number of nitrogens with one attached hydrogen (secondary N) is 1. The molecule has 82 valence electrons. The lowest BCUT2D eigenvalue weighted by molar-refractivity contribution is -0.137. The van der Waals surface area contributed by atoms with E-state index < -0.39 is 5.97 Å². The molecule has 0 spiro atoms. The fraction of sp³-hybridized carbons (Fsp3) is 0.400. The van der Waals surface area contributed by atoms with Crippen molar-refractivity contribution in [2.24, 2.45) is 0 Å². The van der Waals surface area contributed by atoms with Crippen molar-refractivity contribution in [1.82, 2.24) is 5.32 Å². The van der Waals surface area contributed by atoms with Crippen LogP contribution < -0.4 is 5.32 Å². The van der Waals surface area contributed by atoms with E-state index in [4.69, 9.17) is 5.11 Å². The van der Waals surface area contributed by atoms with E-state index in [-0.39, 0.29) is 18.4 Å². The van der Waals surface area contributed by atoms with Crippen molar-refractivity contribution in [3.05, 3.63) is 22.4 Å². The molecule has 15 heavy (non-hydrogen) atoms. The van der Waals surface area contributed by atoms with Crippen LogP contribution in [0.15, 0.2) is 17.5 Å². The molecule has 1 heterocycles. The minimum atomic E-state index is -0.895. The number of aliphatic carboxylic acids is 1. The molecule has 1 aromatic rings. The molecule has 1 amide bonds. The van der Waals surface area contributed by atoms with Gasteiger partial charge in [0.15, 0.2) is 0 Å². The average Bonchev–Trinajstić information content (AvgIpc) is 2.68. The Kier molecular flexibility index (Phi) is 4.30. The minimum absolute atomic E-state index is 0.0341. The van der Waals surface area contributed by atoms with Gasteiger partial charge in [-0.15, -0.1) is 11.3 Å². The lowest BCUT2D eigenvalue weighted by atomic mass is 10.1. The summed E-state index contributed by atoms with van der Waals surface area (Å²) in [6.07, 6.45) is 0.580. The number of thiophene rings is 1. The first-order chi connectivity index (χ1) is 7.13. The topological polar surface area (TPSA) is 66.4 Å². The highest BCUT2D eigenvalue weighted by Gasteiger charge is 2.15. The van der Waals surface area contributed by atoms with Crippen LogP contribution in [0.25, 0.3) is 0 Å². The summed E-state index contributed by atoms with van der Waals surface area (Å²) in [4.78, 5) is 22.7. The monoisotopic (exact) mass is 227 g/mol. The third-order valence-electron chi connectivity index (χ3n) is 1.99. The van der Waals surface area contributed by atoms with Crippen molar-refractivity contribution in [3.8, 4) is 0 Å². The summed E-state index contributed by atoms with van der Waals surface area (Å²) in [5.74, 6) is -1.09. The minimum Gasteiger partial charge on any atom is -0.481 e. The zero-order valence-electron chi connectivity index (χ0n) is 8.40. The summed E-state index contributed by atoms with van der Waals surface area (Å²) < 4.78 is 0. The Morgan fingerprint density at radius 3 is 2.80 bits per heavy atom. The normalized spacial score (nSPS) is 12.1. The van der Waals surface area contributed by atoms with Crippen LogP contribution in [-0.2, 0) is 4.79 Å². The van der Waals surface area contributed by atoms with E-state index in [9.17, 15) is 9.59 Å². The zero-order valence-corrected chi connectivity index (χ0v) is 9.21. The van der Waals surface area contributed by atoms with Crippen molar-refractivity contribution >= 4 is 23.2 Å². The summed E-state index contributed by atoms with van der Waals surface area (Å²) in [5, 5.41) is 13.1. The molecular weight excluding hydrogens is 214 g/mol. The number of carbonyl (C=O) groups is 2. The Bertz CT molecular complexity index is 334. The van der Waals surface area contributed by atoms with Crippen molar-refractivity contribution in [2.45, 2.75) is 25.8 Å². The average molecular weight is 227 g/mol. The molecule has 0 aliphatic rings. The van der Waals surface area contributed by atoms with Crippen LogP contribution >= 0.6 is 11.3 Å². The second kappa shape index (κ2) is 5.50. The lowest BCUT2D eigenvalue weighted by Gasteiger charge is -2.13. The number of carboxylic acid groups (broad SMARTS) is 1. The number of amides is 1. The van der Waals surface area contributed by atoms with E-state index >= 15 is 0 Å². The maximum atomic E-state index is 11.6. The third kappa shape index (κ3) is 3.71. The van der Waals surface area contributed by atoms with Gasteiger partial charge >= 0.3 is 5.97 Å². The quantitative estimate of drug-likeness (QED) is 0.805. The summed E-state index contributed by atoms with van der Waals surface area (Å²) in [7, 11) is 0. The van der Waals surface area contributed by atoms with Crippen molar-refractivity contribution in [3.63, 3.8) is 0 Å². The highest BCUT2D eigenvalue weighted by Crippen LogP contribution is 2.09. The van der Waals surface area contributed by atoms with E-state index in [0.29, 0.717) is 11.3 Å². The molecule has 4 nitrogen and oxygen atoms in total. The first-order valence-corrected chi connectivity index (χ1v) is 5.57. The van der Waals surface area contributed by atoms with Crippen LogP contribution in [0.5, 0.6) is 0 Å². The maximum Gasteiger partial charge on any atom is 0.305 e. The van der Waals surface area contributed by atoms with Gasteiger partial charge in [0, 0.05) is 6.04 Å². The molecule has 0 aromatic carbocycles.